The second kappa shape index (κ2) is 3.07. The van der Waals surface area contributed by atoms with Crippen LogP contribution in [0.25, 0.3) is 0 Å². The highest BCUT2D eigenvalue weighted by molar-refractivity contribution is 5.47. The van der Waals surface area contributed by atoms with Crippen molar-refractivity contribution in [2.24, 2.45) is 4.99 Å². The fraction of sp³-hybridized carbons (Fsp3) is 0.300. The SMILES string of the molecule is C=Nc1cccc(CC2CN2)c1. The minimum Gasteiger partial charge on any atom is -0.311 e. The van der Waals surface area contributed by atoms with Crippen molar-refractivity contribution in [2.75, 3.05) is 6.54 Å². The van der Waals surface area contributed by atoms with Gasteiger partial charge in [0.1, 0.15) is 0 Å². The van der Waals surface area contributed by atoms with Crippen LogP contribution in [0.2, 0.25) is 0 Å². The lowest BCUT2D eigenvalue weighted by molar-refractivity contribution is 0.930. The van der Waals surface area contributed by atoms with E-state index in [9.17, 15) is 0 Å². The van der Waals surface area contributed by atoms with Gasteiger partial charge in [0.25, 0.3) is 0 Å². The summed E-state index contributed by atoms with van der Waals surface area (Å²) >= 11 is 0. The van der Waals surface area contributed by atoms with E-state index in [1.165, 1.54) is 5.56 Å². The maximum atomic E-state index is 3.89. The molecule has 0 aliphatic carbocycles. The Hall–Kier alpha value is -1.15. The van der Waals surface area contributed by atoms with Gasteiger partial charge in [-0.25, -0.2) is 0 Å². The smallest absolute Gasteiger partial charge is 0.0625 e. The Morgan fingerprint density at radius 3 is 3.08 bits per heavy atom. The summed E-state index contributed by atoms with van der Waals surface area (Å²) in [5.41, 5.74) is 2.31. The van der Waals surface area contributed by atoms with Crippen LogP contribution in [0.15, 0.2) is 29.3 Å². The normalized spacial score (nSPS) is 20.5. The highest BCUT2D eigenvalue weighted by atomic mass is 15.1. The molecule has 0 radical (unpaired) electrons. The minimum absolute atomic E-state index is 0.699. The van der Waals surface area contributed by atoms with E-state index in [0.717, 1.165) is 18.7 Å². The first-order valence-electron chi connectivity index (χ1n) is 4.17. The quantitative estimate of drug-likeness (QED) is 0.528. The Bertz CT molecular complexity index is 290. The average Bonchev–Trinajstić information content (AvgIpc) is 2.89. The summed E-state index contributed by atoms with van der Waals surface area (Å²) in [5.74, 6) is 0. The molecular formula is C10H12N2. The molecule has 2 rings (SSSR count). The third-order valence-electron chi connectivity index (χ3n) is 2.07. The third kappa shape index (κ3) is 1.71. The van der Waals surface area contributed by atoms with Gasteiger partial charge in [-0.05, 0) is 30.8 Å². The molecule has 2 heteroatoms. The third-order valence-corrected chi connectivity index (χ3v) is 2.07. The molecule has 1 aliphatic rings. The largest absolute Gasteiger partial charge is 0.311 e. The molecule has 12 heavy (non-hydrogen) atoms. The zero-order valence-electron chi connectivity index (χ0n) is 6.96. The van der Waals surface area contributed by atoms with Crippen LogP contribution in [0.5, 0.6) is 0 Å². The van der Waals surface area contributed by atoms with Crippen molar-refractivity contribution >= 4 is 12.4 Å². The number of nitrogens with zero attached hydrogens (tertiary/aromatic N) is 1. The molecule has 1 saturated heterocycles. The molecule has 0 spiro atoms. The van der Waals surface area contributed by atoms with Crippen molar-refractivity contribution in [1.82, 2.24) is 5.32 Å². The summed E-state index contributed by atoms with van der Waals surface area (Å²) < 4.78 is 0. The highest BCUT2D eigenvalue weighted by Gasteiger charge is 2.19. The molecule has 1 heterocycles. The van der Waals surface area contributed by atoms with Gasteiger partial charge in [-0.1, -0.05) is 12.1 Å². The number of hydrogen-bond acceptors (Lipinski definition) is 2. The molecule has 1 fully saturated rings. The van der Waals surface area contributed by atoms with Gasteiger partial charge in [-0.2, -0.15) is 0 Å². The maximum absolute atomic E-state index is 3.89. The van der Waals surface area contributed by atoms with E-state index in [1.807, 2.05) is 12.1 Å². The van der Waals surface area contributed by atoms with Crippen LogP contribution < -0.4 is 5.32 Å². The average molecular weight is 160 g/mol. The van der Waals surface area contributed by atoms with Gasteiger partial charge in [-0.3, -0.25) is 4.99 Å². The van der Waals surface area contributed by atoms with E-state index in [1.54, 1.807) is 0 Å². The molecule has 62 valence electrons. The number of aliphatic imine (C=N–C) groups is 1. The van der Waals surface area contributed by atoms with Gasteiger partial charge in [0.05, 0.1) is 5.69 Å². The summed E-state index contributed by atoms with van der Waals surface area (Å²) in [6.45, 7) is 4.66. The van der Waals surface area contributed by atoms with Crippen LogP contribution in [0.3, 0.4) is 0 Å². The Morgan fingerprint density at radius 2 is 2.42 bits per heavy atom. The molecule has 1 unspecified atom stereocenters. The molecule has 0 aromatic heterocycles. The number of benzene rings is 1. The minimum atomic E-state index is 0.699. The van der Waals surface area contributed by atoms with E-state index in [2.05, 4.69) is 29.2 Å². The summed E-state index contributed by atoms with van der Waals surface area (Å²) in [5, 5.41) is 3.27. The maximum Gasteiger partial charge on any atom is 0.0625 e. The first kappa shape index (κ1) is 7.50. The second-order valence-electron chi connectivity index (χ2n) is 3.14. The lowest BCUT2D eigenvalue weighted by atomic mass is 10.1. The van der Waals surface area contributed by atoms with Gasteiger partial charge < -0.3 is 5.32 Å². The van der Waals surface area contributed by atoms with Crippen LogP contribution in [-0.4, -0.2) is 19.3 Å². The monoisotopic (exact) mass is 160 g/mol. The molecule has 1 aromatic rings. The van der Waals surface area contributed by atoms with Crippen molar-refractivity contribution in [3.63, 3.8) is 0 Å². The van der Waals surface area contributed by atoms with Gasteiger partial charge in [0.2, 0.25) is 0 Å². The molecule has 1 N–H and O–H groups in total. The van der Waals surface area contributed by atoms with Gasteiger partial charge in [-0.15, -0.1) is 0 Å². The molecule has 1 aromatic carbocycles. The lowest BCUT2D eigenvalue weighted by Gasteiger charge is -1.98. The Balaban J connectivity index is 2.13. The van der Waals surface area contributed by atoms with Crippen LogP contribution >= 0.6 is 0 Å². The van der Waals surface area contributed by atoms with Crippen LogP contribution in [0.1, 0.15) is 5.56 Å². The standard InChI is InChI=1S/C10H12N2/c1-11-9-4-2-3-8(5-9)6-10-7-12-10/h2-5,10,12H,1,6-7H2. The summed E-state index contributed by atoms with van der Waals surface area (Å²) in [4.78, 5) is 3.89. The summed E-state index contributed by atoms with van der Waals surface area (Å²) in [7, 11) is 0. The predicted octanol–water partition coefficient (Wildman–Crippen LogP) is 1.53. The van der Waals surface area contributed by atoms with E-state index >= 15 is 0 Å². The molecular weight excluding hydrogens is 148 g/mol. The summed E-state index contributed by atoms with van der Waals surface area (Å²) in [6.07, 6.45) is 1.11. The van der Waals surface area contributed by atoms with Gasteiger partial charge in [0.15, 0.2) is 0 Å². The molecule has 1 aliphatic heterocycles. The molecule has 2 nitrogen and oxygen atoms in total. The molecule has 0 saturated carbocycles. The van der Waals surface area contributed by atoms with Crippen LogP contribution in [0.4, 0.5) is 5.69 Å². The second-order valence-corrected chi connectivity index (χ2v) is 3.14. The molecule has 1 atom stereocenters. The molecule has 0 bridgehead atoms. The van der Waals surface area contributed by atoms with Crippen molar-refractivity contribution in [3.05, 3.63) is 29.8 Å². The fourth-order valence-corrected chi connectivity index (χ4v) is 1.29. The predicted molar refractivity (Wildman–Crippen MR) is 51.1 cm³/mol. The van der Waals surface area contributed by atoms with Crippen molar-refractivity contribution < 1.29 is 0 Å². The van der Waals surface area contributed by atoms with Crippen LogP contribution in [-0.2, 0) is 6.42 Å². The first-order valence-corrected chi connectivity index (χ1v) is 4.17. The molecule has 0 amide bonds. The number of hydrogen-bond donors (Lipinski definition) is 1. The Morgan fingerprint density at radius 1 is 1.58 bits per heavy atom. The van der Waals surface area contributed by atoms with E-state index < -0.39 is 0 Å². The zero-order valence-corrected chi connectivity index (χ0v) is 6.96. The van der Waals surface area contributed by atoms with Gasteiger partial charge >= 0.3 is 0 Å². The van der Waals surface area contributed by atoms with Crippen molar-refractivity contribution in [3.8, 4) is 0 Å². The number of nitrogens with one attached hydrogen (secondary N) is 1. The zero-order chi connectivity index (χ0) is 8.39. The van der Waals surface area contributed by atoms with Crippen molar-refractivity contribution in [2.45, 2.75) is 12.5 Å². The number of rotatable bonds is 3. The van der Waals surface area contributed by atoms with Crippen LogP contribution in [0, 0.1) is 0 Å². The fourth-order valence-electron chi connectivity index (χ4n) is 1.29. The topological polar surface area (TPSA) is 34.3 Å². The lowest BCUT2D eigenvalue weighted by Crippen LogP contribution is -1.95. The Labute approximate surface area is 72.3 Å². The van der Waals surface area contributed by atoms with E-state index in [4.69, 9.17) is 0 Å². The van der Waals surface area contributed by atoms with E-state index in [-0.39, 0.29) is 0 Å². The van der Waals surface area contributed by atoms with E-state index in [0.29, 0.717) is 6.04 Å². The highest BCUT2D eigenvalue weighted by Crippen LogP contribution is 2.16. The van der Waals surface area contributed by atoms with Crippen molar-refractivity contribution in [1.29, 1.82) is 0 Å². The van der Waals surface area contributed by atoms with Gasteiger partial charge in [0, 0.05) is 12.6 Å². The Kier molecular flexibility index (Phi) is 1.92. The first-order chi connectivity index (χ1) is 5.88. The summed E-state index contributed by atoms with van der Waals surface area (Å²) in [6, 6.07) is 8.92.